The number of alkyl halides is 6. The van der Waals surface area contributed by atoms with Crippen LogP contribution >= 0.6 is 11.6 Å². The summed E-state index contributed by atoms with van der Waals surface area (Å²) in [5.41, 5.74) is -2.23. The van der Waals surface area contributed by atoms with Crippen LogP contribution in [0.5, 0.6) is 0 Å². The molecule has 188 valence electrons. The fraction of sp³-hybridized carbons (Fsp3) is 0.217. The molecule has 0 aliphatic carbocycles. The molecule has 0 fully saturated rings. The van der Waals surface area contributed by atoms with Crippen LogP contribution in [0.2, 0.25) is 5.02 Å². The van der Waals surface area contributed by atoms with Crippen LogP contribution < -0.4 is 0 Å². The Morgan fingerprint density at radius 1 is 1.00 bits per heavy atom. The SMILES string of the molecule is Cc1c(C(=O)c2cn(C)nc2-c2ccccc2Cl)nnn1Cc1cc(C(F)(F)F)cc(C(F)(F)F)c1. The van der Waals surface area contributed by atoms with E-state index in [1.165, 1.54) is 17.8 Å². The number of hydrogen-bond donors (Lipinski definition) is 0. The highest BCUT2D eigenvalue weighted by Crippen LogP contribution is 2.36. The Kier molecular flexibility index (Phi) is 6.41. The molecule has 13 heteroatoms. The Hall–Kier alpha value is -3.67. The molecule has 0 radical (unpaired) electrons. The minimum Gasteiger partial charge on any atom is -0.287 e. The smallest absolute Gasteiger partial charge is 0.287 e. The summed E-state index contributed by atoms with van der Waals surface area (Å²) in [6, 6.07) is 8.00. The number of rotatable bonds is 5. The molecule has 0 unspecified atom stereocenters. The van der Waals surface area contributed by atoms with Crippen molar-refractivity contribution in [1.29, 1.82) is 0 Å². The number of aromatic nitrogens is 5. The Labute approximate surface area is 205 Å². The maximum atomic E-state index is 13.3. The largest absolute Gasteiger partial charge is 0.416 e. The molecular weight excluding hydrogens is 512 g/mol. The van der Waals surface area contributed by atoms with Gasteiger partial charge < -0.3 is 0 Å². The van der Waals surface area contributed by atoms with Gasteiger partial charge >= 0.3 is 12.4 Å². The number of nitrogens with zero attached hydrogens (tertiary/aromatic N) is 5. The first-order valence-corrected chi connectivity index (χ1v) is 10.6. The van der Waals surface area contributed by atoms with Crippen LogP contribution in [-0.2, 0) is 25.9 Å². The molecule has 2 aromatic carbocycles. The van der Waals surface area contributed by atoms with E-state index in [-0.39, 0.29) is 34.3 Å². The van der Waals surface area contributed by atoms with E-state index in [9.17, 15) is 31.1 Å². The second kappa shape index (κ2) is 9.08. The zero-order valence-corrected chi connectivity index (χ0v) is 19.4. The minimum atomic E-state index is -4.98. The highest BCUT2D eigenvalue weighted by Gasteiger charge is 2.37. The number of aryl methyl sites for hydroxylation is 1. The van der Waals surface area contributed by atoms with E-state index in [4.69, 9.17) is 11.6 Å². The highest BCUT2D eigenvalue weighted by atomic mass is 35.5. The second-order valence-electron chi connectivity index (χ2n) is 7.97. The van der Waals surface area contributed by atoms with Crippen molar-refractivity contribution < 1.29 is 31.1 Å². The van der Waals surface area contributed by atoms with Crippen molar-refractivity contribution in [2.24, 2.45) is 7.05 Å². The quantitative estimate of drug-likeness (QED) is 0.237. The number of benzene rings is 2. The average Bonchev–Trinajstić information content (AvgIpc) is 3.35. The van der Waals surface area contributed by atoms with Gasteiger partial charge in [-0.05, 0) is 36.8 Å². The number of ketones is 1. The number of carbonyl (C=O) groups excluding carboxylic acids is 1. The van der Waals surface area contributed by atoms with Crippen LogP contribution in [-0.4, -0.2) is 30.6 Å². The molecule has 4 rings (SSSR count). The van der Waals surface area contributed by atoms with E-state index < -0.39 is 35.8 Å². The lowest BCUT2D eigenvalue weighted by atomic mass is 10.0. The summed E-state index contributed by atoms with van der Waals surface area (Å²) in [5, 5.41) is 12.3. The zero-order valence-electron chi connectivity index (χ0n) is 18.6. The first-order chi connectivity index (χ1) is 16.8. The third-order valence-corrected chi connectivity index (χ3v) is 5.71. The summed E-state index contributed by atoms with van der Waals surface area (Å²) in [5.74, 6) is -0.582. The van der Waals surface area contributed by atoms with Crippen molar-refractivity contribution in [3.63, 3.8) is 0 Å². The van der Waals surface area contributed by atoms with E-state index in [1.54, 1.807) is 31.3 Å². The number of halogens is 7. The van der Waals surface area contributed by atoms with Gasteiger partial charge in [-0.3, -0.25) is 9.48 Å². The summed E-state index contributed by atoms with van der Waals surface area (Å²) >= 11 is 6.25. The topological polar surface area (TPSA) is 65.6 Å². The summed E-state index contributed by atoms with van der Waals surface area (Å²) in [6.45, 7) is 0.973. The molecule has 6 nitrogen and oxygen atoms in total. The van der Waals surface area contributed by atoms with Gasteiger partial charge in [0.05, 0.1) is 34.0 Å². The molecular formula is C23H16ClF6N5O. The van der Waals surface area contributed by atoms with E-state index in [1.807, 2.05) is 0 Å². The molecule has 0 N–H and O–H groups in total. The first-order valence-electron chi connectivity index (χ1n) is 10.3. The van der Waals surface area contributed by atoms with Crippen molar-refractivity contribution in [3.8, 4) is 11.3 Å². The highest BCUT2D eigenvalue weighted by molar-refractivity contribution is 6.33. The molecule has 0 aliphatic rings. The van der Waals surface area contributed by atoms with E-state index in [0.29, 0.717) is 22.7 Å². The molecule has 0 saturated carbocycles. The molecule has 36 heavy (non-hydrogen) atoms. The average molecular weight is 528 g/mol. The number of carbonyl (C=O) groups is 1. The van der Waals surface area contributed by atoms with Gasteiger partial charge in [-0.1, -0.05) is 35.0 Å². The van der Waals surface area contributed by atoms with E-state index in [2.05, 4.69) is 15.4 Å². The molecule has 2 heterocycles. The maximum Gasteiger partial charge on any atom is 0.416 e. The predicted octanol–water partition coefficient (Wildman–Crippen LogP) is 5.96. The van der Waals surface area contributed by atoms with Gasteiger partial charge in [0.15, 0.2) is 5.69 Å². The van der Waals surface area contributed by atoms with Crippen LogP contribution in [0.3, 0.4) is 0 Å². The normalized spacial score (nSPS) is 12.2. The standard InChI is InChI=1S/C23H16ClF6N5O/c1-12-19(21(36)17-11-34(2)32-20(17)16-5-3-4-6-18(16)24)31-33-35(12)10-13-7-14(22(25,26)27)9-15(8-13)23(28,29)30/h3-9,11H,10H2,1-2H3. The van der Waals surface area contributed by atoms with Crippen LogP contribution in [0.15, 0.2) is 48.7 Å². The number of hydrogen-bond acceptors (Lipinski definition) is 4. The van der Waals surface area contributed by atoms with Gasteiger partial charge in [0.25, 0.3) is 0 Å². The van der Waals surface area contributed by atoms with Crippen molar-refractivity contribution >= 4 is 17.4 Å². The van der Waals surface area contributed by atoms with Crippen molar-refractivity contribution in [2.75, 3.05) is 0 Å². The van der Waals surface area contributed by atoms with Crippen molar-refractivity contribution in [2.45, 2.75) is 25.8 Å². The molecule has 0 amide bonds. The predicted molar refractivity (Wildman–Crippen MR) is 117 cm³/mol. The Morgan fingerprint density at radius 2 is 1.61 bits per heavy atom. The minimum absolute atomic E-state index is 0.0469. The maximum absolute atomic E-state index is 13.3. The van der Waals surface area contributed by atoms with Gasteiger partial charge in [-0.2, -0.15) is 31.4 Å². The monoisotopic (exact) mass is 527 g/mol. The lowest BCUT2D eigenvalue weighted by Gasteiger charge is -2.14. The summed E-state index contributed by atoms with van der Waals surface area (Å²) in [4.78, 5) is 13.3. The zero-order chi connectivity index (χ0) is 26.4. The molecule has 2 aromatic heterocycles. The fourth-order valence-electron chi connectivity index (χ4n) is 3.64. The Balaban J connectivity index is 1.71. The Bertz CT molecular complexity index is 1420. The summed E-state index contributed by atoms with van der Waals surface area (Å²) in [7, 11) is 1.60. The van der Waals surface area contributed by atoms with Crippen molar-refractivity contribution in [1.82, 2.24) is 24.8 Å². The summed E-state index contributed by atoms with van der Waals surface area (Å²) in [6.07, 6.45) is -8.50. The van der Waals surface area contributed by atoms with Gasteiger partial charge in [0.1, 0.15) is 5.69 Å². The first kappa shape index (κ1) is 25.4. The van der Waals surface area contributed by atoms with Crippen LogP contribution in [0.1, 0.15) is 38.4 Å². The van der Waals surface area contributed by atoms with E-state index >= 15 is 0 Å². The molecule has 0 atom stereocenters. The lowest BCUT2D eigenvalue weighted by molar-refractivity contribution is -0.143. The third-order valence-electron chi connectivity index (χ3n) is 5.38. The summed E-state index contributed by atoms with van der Waals surface area (Å²) < 4.78 is 81.6. The third kappa shape index (κ3) is 4.99. The molecule has 4 aromatic rings. The van der Waals surface area contributed by atoms with Crippen LogP contribution in [0, 0.1) is 6.92 Å². The fourth-order valence-corrected chi connectivity index (χ4v) is 3.86. The van der Waals surface area contributed by atoms with Crippen LogP contribution in [0.25, 0.3) is 11.3 Å². The molecule has 0 aliphatic heterocycles. The van der Waals surface area contributed by atoms with Crippen LogP contribution in [0.4, 0.5) is 26.3 Å². The van der Waals surface area contributed by atoms with Gasteiger partial charge in [0.2, 0.25) is 5.78 Å². The molecule has 0 bridgehead atoms. The van der Waals surface area contributed by atoms with Crippen molar-refractivity contribution in [3.05, 3.63) is 87.3 Å². The second-order valence-corrected chi connectivity index (χ2v) is 8.38. The lowest BCUT2D eigenvalue weighted by Crippen LogP contribution is -2.13. The van der Waals surface area contributed by atoms with Gasteiger partial charge in [-0.25, -0.2) is 4.68 Å². The molecule has 0 saturated heterocycles. The van der Waals surface area contributed by atoms with Gasteiger partial charge in [-0.15, -0.1) is 5.10 Å². The van der Waals surface area contributed by atoms with Gasteiger partial charge in [0, 0.05) is 18.8 Å². The Morgan fingerprint density at radius 3 is 2.19 bits per heavy atom. The molecule has 0 spiro atoms. The van der Waals surface area contributed by atoms with E-state index in [0.717, 1.165) is 4.68 Å².